The Hall–Kier alpha value is -1.51. The van der Waals surface area contributed by atoms with E-state index in [1.54, 1.807) is 7.05 Å². The van der Waals surface area contributed by atoms with Gasteiger partial charge in [-0.2, -0.15) is 0 Å². The number of carbonyl (C=O) groups excluding carboxylic acids is 1. The molecule has 0 aromatic heterocycles. The summed E-state index contributed by atoms with van der Waals surface area (Å²) in [5.74, 6) is 1.61. The zero-order valence-corrected chi connectivity index (χ0v) is 12.8. The third kappa shape index (κ3) is 3.99. The Bertz CT molecular complexity index is 441. The molecule has 0 bridgehead atoms. The van der Waals surface area contributed by atoms with Gasteiger partial charge in [0.1, 0.15) is 0 Å². The lowest BCUT2D eigenvalue weighted by Gasteiger charge is -2.34. The van der Waals surface area contributed by atoms with E-state index in [1.165, 1.54) is 19.3 Å². The average Bonchev–Trinajstić information content (AvgIpc) is 2.45. The summed E-state index contributed by atoms with van der Waals surface area (Å²) in [6.07, 6.45) is 4.37. The lowest BCUT2D eigenvalue weighted by Crippen LogP contribution is -2.33. The van der Waals surface area contributed by atoms with Crippen molar-refractivity contribution >= 4 is 11.6 Å². The molecule has 1 amide bonds. The van der Waals surface area contributed by atoms with Crippen molar-refractivity contribution in [2.75, 3.05) is 12.4 Å². The maximum Gasteiger partial charge on any atom is 0.224 e. The zero-order valence-electron chi connectivity index (χ0n) is 12.8. The Morgan fingerprint density at radius 2 is 1.90 bits per heavy atom. The van der Waals surface area contributed by atoms with Crippen molar-refractivity contribution in [1.29, 1.82) is 0 Å². The highest BCUT2D eigenvalue weighted by molar-refractivity contribution is 5.78. The summed E-state index contributed by atoms with van der Waals surface area (Å²) < 4.78 is 0. The normalized spacial score (nSPS) is 26.1. The number of hydrogen-bond acceptors (Lipinski definition) is 2. The molecular weight excluding hydrogens is 248 g/mol. The smallest absolute Gasteiger partial charge is 0.224 e. The maximum absolute atomic E-state index is 11.3. The van der Waals surface area contributed by atoms with Crippen molar-refractivity contribution in [3.63, 3.8) is 0 Å². The van der Waals surface area contributed by atoms with E-state index in [0.717, 1.165) is 23.1 Å². The van der Waals surface area contributed by atoms with E-state index in [4.69, 9.17) is 0 Å². The molecule has 20 heavy (non-hydrogen) atoms. The van der Waals surface area contributed by atoms with Crippen LogP contribution in [0.4, 0.5) is 5.69 Å². The highest BCUT2D eigenvalue weighted by atomic mass is 16.1. The molecule has 1 fully saturated rings. The van der Waals surface area contributed by atoms with Gasteiger partial charge in [-0.05, 0) is 42.4 Å². The van der Waals surface area contributed by atoms with Crippen molar-refractivity contribution in [3.8, 4) is 0 Å². The number of anilines is 1. The second-order valence-electron chi connectivity index (χ2n) is 6.19. The predicted octanol–water partition coefficient (Wildman–Crippen LogP) is 3.21. The molecule has 2 N–H and O–H groups in total. The van der Waals surface area contributed by atoms with Gasteiger partial charge in [-0.25, -0.2) is 0 Å². The minimum absolute atomic E-state index is 0.0560. The largest absolute Gasteiger partial charge is 0.382 e. The molecule has 0 aliphatic heterocycles. The number of likely N-dealkylation sites (N-methyl/N-ethyl adjacent to an activating group) is 1. The molecule has 1 aliphatic carbocycles. The van der Waals surface area contributed by atoms with Crippen LogP contribution in [0.2, 0.25) is 0 Å². The second-order valence-corrected chi connectivity index (χ2v) is 6.19. The molecular formula is C17H26N2O. The second kappa shape index (κ2) is 6.78. The third-order valence-corrected chi connectivity index (χ3v) is 4.41. The first-order valence-corrected chi connectivity index (χ1v) is 7.64. The molecule has 0 heterocycles. The summed E-state index contributed by atoms with van der Waals surface area (Å²) in [5, 5.41) is 6.30. The number of benzene rings is 1. The monoisotopic (exact) mass is 274 g/mol. The molecule has 1 aliphatic rings. The third-order valence-electron chi connectivity index (χ3n) is 4.41. The number of amides is 1. The molecule has 1 aromatic rings. The quantitative estimate of drug-likeness (QED) is 0.885. The van der Waals surface area contributed by atoms with Gasteiger partial charge in [-0.15, -0.1) is 0 Å². The lowest BCUT2D eigenvalue weighted by atomic mass is 9.80. The van der Waals surface area contributed by atoms with Gasteiger partial charge in [0.15, 0.2) is 0 Å². The van der Waals surface area contributed by atoms with Crippen molar-refractivity contribution in [1.82, 2.24) is 5.32 Å². The standard InChI is InChI=1S/C17H26N2O/c1-12-4-5-13(2)16(10-12)19-15-8-6-14(7-9-15)11-17(20)18-3/h6-9,12-13,16,19H,4-5,10-11H2,1-3H3,(H,18,20). The first-order chi connectivity index (χ1) is 9.58. The molecule has 1 aromatic carbocycles. The summed E-state index contributed by atoms with van der Waals surface area (Å²) >= 11 is 0. The molecule has 1 saturated carbocycles. The first-order valence-electron chi connectivity index (χ1n) is 7.64. The van der Waals surface area contributed by atoms with E-state index in [9.17, 15) is 4.79 Å². The van der Waals surface area contributed by atoms with Crippen molar-refractivity contribution in [2.45, 2.75) is 45.6 Å². The van der Waals surface area contributed by atoms with Gasteiger partial charge in [0.2, 0.25) is 5.91 Å². The molecule has 3 heteroatoms. The Labute approximate surface area is 122 Å². The molecule has 3 nitrogen and oxygen atoms in total. The summed E-state index contributed by atoms with van der Waals surface area (Å²) in [7, 11) is 1.67. The topological polar surface area (TPSA) is 41.1 Å². The Morgan fingerprint density at radius 3 is 2.55 bits per heavy atom. The van der Waals surface area contributed by atoms with E-state index >= 15 is 0 Å². The predicted molar refractivity (Wildman–Crippen MR) is 83.8 cm³/mol. The summed E-state index contributed by atoms with van der Waals surface area (Å²) in [6.45, 7) is 4.68. The fourth-order valence-electron chi connectivity index (χ4n) is 2.94. The number of nitrogens with one attached hydrogen (secondary N) is 2. The van der Waals surface area contributed by atoms with Gasteiger partial charge in [-0.3, -0.25) is 4.79 Å². The van der Waals surface area contributed by atoms with Crippen LogP contribution < -0.4 is 10.6 Å². The van der Waals surface area contributed by atoms with Gasteiger partial charge in [0.25, 0.3) is 0 Å². The van der Waals surface area contributed by atoms with Crippen LogP contribution in [0.15, 0.2) is 24.3 Å². The Morgan fingerprint density at radius 1 is 1.20 bits per heavy atom. The summed E-state index contributed by atoms with van der Waals surface area (Å²) in [5.41, 5.74) is 2.22. The molecule has 110 valence electrons. The minimum Gasteiger partial charge on any atom is -0.382 e. The highest BCUT2D eigenvalue weighted by Gasteiger charge is 2.25. The van der Waals surface area contributed by atoms with Gasteiger partial charge in [0.05, 0.1) is 6.42 Å². The van der Waals surface area contributed by atoms with Crippen LogP contribution in [0.25, 0.3) is 0 Å². The van der Waals surface area contributed by atoms with Crippen LogP contribution in [0.1, 0.15) is 38.7 Å². The Balaban J connectivity index is 1.94. The van der Waals surface area contributed by atoms with Crippen LogP contribution in [0, 0.1) is 11.8 Å². The molecule has 3 atom stereocenters. The summed E-state index contributed by atoms with van der Waals surface area (Å²) in [6, 6.07) is 8.82. The van der Waals surface area contributed by atoms with Crippen LogP contribution in [-0.4, -0.2) is 19.0 Å². The van der Waals surface area contributed by atoms with E-state index in [-0.39, 0.29) is 5.91 Å². The van der Waals surface area contributed by atoms with Crippen molar-refractivity contribution in [2.24, 2.45) is 11.8 Å². The van der Waals surface area contributed by atoms with Crippen LogP contribution >= 0.6 is 0 Å². The Kier molecular flexibility index (Phi) is 5.05. The zero-order chi connectivity index (χ0) is 14.5. The molecule has 0 saturated heterocycles. The van der Waals surface area contributed by atoms with Gasteiger partial charge in [0, 0.05) is 18.8 Å². The van der Waals surface area contributed by atoms with E-state index in [2.05, 4.69) is 36.6 Å². The van der Waals surface area contributed by atoms with Gasteiger partial charge in [-0.1, -0.05) is 32.4 Å². The fourth-order valence-corrected chi connectivity index (χ4v) is 2.94. The van der Waals surface area contributed by atoms with Crippen LogP contribution in [0.5, 0.6) is 0 Å². The minimum atomic E-state index is 0.0560. The number of hydrogen-bond donors (Lipinski definition) is 2. The highest BCUT2D eigenvalue weighted by Crippen LogP contribution is 2.30. The van der Waals surface area contributed by atoms with E-state index < -0.39 is 0 Å². The molecule has 0 spiro atoms. The van der Waals surface area contributed by atoms with Crippen LogP contribution in [0.3, 0.4) is 0 Å². The van der Waals surface area contributed by atoms with E-state index in [0.29, 0.717) is 12.5 Å². The molecule has 0 radical (unpaired) electrons. The van der Waals surface area contributed by atoms with Crippen molar-refractivity contribution < 1.29 is 4.79 Å². The first kappa shape index (κ1) is 14.9. The SMILES string of the molecule is CNC(=O)Cc1ccc(NC2CC(C)CCC2C)cc1. The van der Waals surface area contributed by atoms with Crippen molar-refractivity contribution in [3.05, 3.63) is 29.8 Å². The fraction of sp³-hybridized carbons (Fsp3) is 0.588. The van der Waals surface area contributed by atoms with Crippen LogP contribution in [-0.2, 0) is 11.2 Å². The number of carbonyl (C=O) groups is 1. The lowest BCUT2D eigenvalue weighted by molar-refractivity contribution is -0.119. The van der Waals surface area contributed by atoms with E-state index in [1.807, 2.05) is 12.1 Å². The molecule has 2 rings (SSSR count). The summed E-state index contributed by atoms with van der Waals surface area (Å²) in [4.78, 5) is 11.3. The average molecular weight is 274 g/mol. The number of rotatable bonds is 4. The maximum atomic E-state index is 11.3. The van der Waals surface area contributed by atoms with Gasteiger partial charge < -0.3 is 10.6 Å². The van der Waals surface area contributed by atoms with Gasteiger partial charge >= 0.3 is 0 Å². The molecule has 3 unspecified atom stereocenters.